The first kappa shape index (κ1) is 39.9. The molecule has 1 amide bonds. The number of carbonyl (C=O) groups is 4. The highest BCUT2D eigenvalue weighted by Gasteiger charge is 2.50. The van der Waals surface area contributed by atoms with Gasteiger partial charge in [-0.1, -0.05) is 45.9 Å². The van der Waals surface area contributed by atoms with E-state index in [4.69, 9.17) is 18.9 Å². The number of hydrogen-bond donors (Lipinski definition) is 6. The lowest BCUT2D eigenvalue weighted by Gasteiger charge is -2.38. The van der Waals surface area contributed by atoms with Crippen molar-refractivity contribution in [1.29, 1.82) is 0 Å². The summed E-state index contributed by atoms with van der Waals surface area (Å²) < 4.78 is 23.1. The number of aliphatic hydroxyl groups excluding tert-OH is 2. The van der Waals surface area contributed by atoms with Gasteiger partial charge in [-0.25, -0.2) is 0 Å². The number of esters is 1. The van der Waals surface area contributed by atoms with Crippen molar-refractivity contribution >= 4 is 40.4 Å². The predicted octanol–water partition coefficient (Wildman–Crippen LogP) is 4.57. The van der Waals surface area contributed by atoms with Crippen LogP contribution in [0.1, 0.15) is 74.7 Å². The minimum absolute atomic E-state index is 0.00425. The van der Waals surface area contributed by atoms with Crippen molar-refractivity contribution in [3.8, 4) is 23.0 Å². The van der Waals surface area contributed by atoms with E-state index in [1.807, 2.05) is 0 Å². The van der Waals surface area contributed by atoms with E-state index in [2.05, 4.69) is 5.32 Å². The zero-order valence-electron chi connectivity index (χ0n) is 30.6. The summed E-state index contributed by atoms with van der Waals surface area (Å²) in [7, 11) is 1.41. The molecule has 0 radical (unpaired) electrons. The average Bonchev–Trinajstić information content (AvgIpc) is 3.36. The number of hydrogen-bond acceptors (Lipinski definition) is 13. The van der Waals surface area contributed by atoms with Gasteiger partial charge in [0.2, 0.25) is 0 Å². The first-order valence-electron chi connectivity index (χ1n) is 16.9. The van der Waals surface area contributed by atoms with E-state index in [1.54, 1.807) is 33.8 Å². The van der Waals surface area contributed by atoms with Crippen LogP contribution < -0.4 is 10.1 Å². The van der Waals surface area contributed by atoms with Gasteiger partial charge in [0, 0.05) is 61.2 Å². The van der Waals surface area contributed by atoms with Gasteiger partial charge in [0.1, 0.15) is 23.4 Å². The van der Waals surface area contributed by atoms with Gasteiger partial charge < -0.3 is 49.8 Å². The van der Waals surface area contributed by atoms with Crippen LogP contribution in [0.2, 0.25) is 0 Å². The molecule has 3 aliphatic heterocycles. The molecule has 5 bridgehead atoms. The van der Waals surface area contributed by atoms with E-state index >= 15 is 0 Å². The number of anilines is 1. The number of ketones is 1. The van der Waals surface area contributed by atoms with Crippen molar-refractivity contribution in [3.63, 3.8) is 0 Å². The summed E-state index contributed by atoms with van der Waals surface area (Å²) in [4.78, 5) is 51.8. The molecule has 0 spiro atoms. The van der Waals surface area contributed by atoms with Crippen LogP contribution in [-0.2, 0) is 23.8 Å². The maximum atomic E-state index is 14.0. The SMILES string of the molecule is CO[C@H]1/C=C/O[C@@]2(C)Oc3c(C)c(O)c4c(O)c(c(C=O)c(O)c4c3C2=O)NC(=O)/C(C)=C/C=C/[C@H](C)[C@H](O)[C@@H](C)[C@@H](O)[C@@H](C)[C@H](OC(C)=O)[C@@H]1C. The molecule has 0 saturated heterocycles. The quantitative estimate of drug-likeness (QED) is 0.111. The molecule has 5 rings (SSSR count). The minimum atomic E-state index is -2.08. The van der Waals surface area contributed by atoms with Crippen molar-refractivity contribution in [2.45, 2.75) is 85.6 Å². The molecule has 3 heterocycles. The molecule has 0 saturated carbocycles. The standard InChI is InChI=1S/C38H47NO13/c1-16-11-10-12-17(2)37(48)39-28-23(15-40)32(45)25-26(33(28)46)31(44)21(6)35-27(25)36(47)38(8,52-35)50-14-13-24(49-9)18(3)34(51-22(7)41)20(5)30(43)19(4)29(16)42/h10-16,18-20,24,29-30,34,42-46H,1-9H3,(H,39,48)/b11-10+,14-13+,17-12+/t16-,18+,19+,20+,24-,29-,30+,34+,38-/m0/s1. The van der Waals surface area contributed by atoms with Crippen LogP contribution >= 0.6 is 0 Å². The smallest absolute Gasteiger partial charge is 0.312 e. The predicted molar refractivity (Wildman–Crippen MR) is 189 cm³/mol. The molecule has 52 heavy (non-hydrogen) atoms. The van der Waals surface area contributed by atoms with Gasteiger partial charge in [0.05, 0.1) is 46.8 Å². The molecule has 0 fully saturated rings. The number of aldehydes is 1. The molecule has 2 aromatic carbocycles. The molecular formula is C38H47NO13. The number of rotatable bonds is 3. The normalized spacial score (nSPS) is 32.3. The number of phenols is 3. The van der Waals surface area contributed by atoms with Crippen LogP contribution in [0, 0.1) is 30.6 Å². The number of amides is 1. The van der Waals surface area contributed by atoms with E-state index in [9.17, 15) is 44.7 Å². The Labute approximate surface area is 301 Å². The lowest BCUT2D eigenvalue weighted by Crippen LogP contribution is -2.46. The number of ether oxygens (including phenoxy) is 4. The van der Waals surface area contributed by atoms with Gasteiger partial charge in [0.15, 0.2) is 12.0 Å². The maximum Gasteiger partial charge on any atom is 0.312 e. The number of aliphatic hydroxyl groups is 2. The van der Waals surface area contributed by atoms with Crippen molar-refractivity contribution in [2.75, 3.05) is 12.4 Å². The lowest BCUT2D eigenvalue weighted by molar-refractivity contribution is -0.160. The van der Waals surface area contributed by atoms with Gasteiger partial charge in [0.25, 0.3) is 11.7 Å². The fourth-order valence-corrected chi connectivity index (χ4v) is 6.86. The average molecular weight is 726 g/mol. The molecular weight excluding hydrogens is 678 g/mol. The van der Waals surface area contributed by atoms with Crippen molar-refractivity contribution < 1.29 is 63.7 Å². The number of fused-ring (bicyclic) bond motifs is 14. The number of Topliss-reactive ketones (excluding diaryl/α,β-unsaturated/α-hetero) is 1. The molecule has 6 N–H and O–H groups in total. The van der Waals surface area contributed by atoms with Gasteiger partial charge in [-0.15, -0.1) is 0 Å². The second kappa shape index (κ2) is 15.4. The second-order valence-corrected chi connectivity index (χ2v) is 13.7. The number of phenolic OH excluding ortho intramolecular Hbond substituents is 3. The number of nitrogens with one attached hydrogen (secondary N) is 1. The highest BCUT2D eigenvalue weighted by atomic mass is 16.7. The Morgan fingerprint density at radius 2 is 1.60 bits per heavy atom. The first-order valence-corrected chi connectivity index (χ1v) is 16.9. The molecule has 3 aliphatic rings. The number of benzene rings is 2. The fraction of sp³-hybridized carbons (Fsp3) is 0.474. The van der Waals surface area contributed by atoms with Gasteiger partial charge in [-0.3, -0.25) is 19.2 Å². The number of allylic oxidation sites excluding steroid dienone is 2. The third kappa shape index (κ3) is 7.10. The first-order chi connectivity index (χ1) is 24.3. The molecule has 282 valence electrons. The Bertz CT molecular complexity index is 1860. The van der Waals surface area contributed by atoms with E-state index in [0.29, 0.717) is 0 Å². The third-order valence-corrected chi connectivity index (χ3v) is 10.2. The van der Waals surface area contributed by atoms with Gasteiger partial charge >= 0.3 is 11.8 Å². The Morgan fingerprint density at radius 3 is 2.19 bits per heavy atom. The molecule has 14 heteroatoms. The second-order valence-electron chi connectivity index (χ2n) is 13.7. The largest absolute Gasteiger partial charge is 0.507 e. The van der Waals surface area contributed by atoms with Gasteiger partial charge in [-0.2, -0.15) is 0 Å². The molecule has 0 unspecified atom stereocenters. The number of carbonyl (C=O) groups excluding carboxylic acids is 4. The summed E-state index contributed by atoms with van der Waals surface area (Å²) >= 11 is 0. The highest BCUT2D eigenvalue weighted by Crippen LogP contribution is 2.55. The summed E-state index contributed by atoms with van der Waals surface area (Å²) in [5, 5.41) is 58.2. The van der Waals surface area contributed by atoms with Crippen molar-refractivity contribution in [1.82, 2.24) is 0 Å². The summed E-state index contributed by atoms with van der Waals surface area (Å²) in [6.45, 7) is 12.2. The van der Waals surface area contributed by atoms with E-state index in [1.165, 1.54) is 53.0 Å². The Morgan fingerprint density at radius 1 is 0.942 bits per heavy atom. The van der Waals surface area contributed by atoms with Crippen LogP contribution in [0.25, 0.3) is 10.8 Å². The zero-order valence-corrected chi connectivity index (χ0v) is 30.6. The Kier molecular flexibility index (Phi) is 11.8. The van der Waals surface area contributed by atoms with E-state index < -0.39 is 111 Å². The highest BCUT2D eigenvalue weighted by molar-refractivity contribution is 6.23. The molecule has 9 atom stereocenters. The lowest BCUT2D eigenvalue weighted by atomic mass is 9.78. The maximum absolute atomic E-state index is 14.0. The van der Waals surface area contributed by atoms with Crippen LogP contribution in [0.5, 0.6) is 23.0 Å². The van der Waals surface area contributed by atoms with Crippen LogP contribution in [0.15, 0.2) is 36.1 Å². The summed E-state index contributed by atoms with van der Waals surface area (Å²) in [5.74, 6) is -9.19. The fourth-order valence-electron chi connectivity index (χ4n) is 6.86. The van der Waals surface area contributed by atoms with Crippen molar-refractivity contribution in [3.05, 3.63) is 52.8 Å². The number of aromatic hydroxyl groups is 3. The van der Waals surface area contributed by atoms with Crippen LogP contribution in [0.3, 0.4) is 0 Å². The third-order valence-electron chi connectivity index (χ3n) is 10.2. The topological polar surface area (TPSA) is 218 Å². The Hall–Kier alpha value is -4.92. The van der Waals surface area contributed by atoms with Gasteiger partial charge in [-0.05, 0) is 19.9 Å². The molecule has 2 aromatic rings. The van der Waals surface area contributed by atoms with E-state index in [0.717, 1.165) is 6.26 Å². The minimum Gasteiger partial charge on any atom is -0.507 e. The molecule has 0 aromatic heterocycles. The number of methoxy groups -OCH3 is 1. The van der Waals surface area contributed by atoms with Crippen molar-refractivity contribution in [2.24, 2.45) is 23.7 Å². The van der Waals surface area contributed by atoms with E-state index in [-0.39, 0.29) is 28.7 Å². The summed E-state index contributed by atoms with van der Waals surface area (Å²) in [5.41, 5.74) is -1.27. The zero-order chi connectivity index (χ0) is 39.0. The summed E-state index contributed by atoms with van der Waals surface area (Å²) in [6.07, 6.45) is 3.41. The van der Waals surface area contributed by atoms with Crippen LogP contribution in [-0.4, -0.2) is 86.8 Å². The molecule has 0 aliphatic carbocycles. The molecule has 14 nitrogen and oxygen atoms in total. The Balaban J connectivity index is 1.93. The monoisotopic (exact) mass is 725 g/mol. The van der Waals surface area contributed by atoms with Crippen LogP contribution in [0.4, 0.5) is 5.69 Å². The summed E-state index contributed by atoms with van der Waals surface area (Å²) in [6, 6.07) is 0.